The third kappa shape index (κ3) is 8.95. The highest BCUT2D eigenvalue weighted by atomic mass is 16.6. The van der Waals surface area contributed by atoms with Gasteiger partial charge < -0.3 is 9.31 Å². The Morgan fingerprint density at radius 1 is 0.714 bits per heavy atom. The highest BCUT2D eigenvalue weighted by Gasteiger charge is 2.20. The normalized spacial score (nSPS) is 10.8. The summed E-state index contributed by atoms with van der Waals surface area (Å²) in [5, 5.41) is 0. The molecular weight excluding hydrogens is 259 g/mol. The molecule has 0 amide bonds. The maximum absolute atomic E-state index is 5.96. The van der Waals surface area contributed by atoms with Gasteiger partial charge in [-0.05, 0) is 18.3 Å². The molecule has 0 N–H and O–H groups in total. The van der Waals surface area contributed by atoms with Gasteiger partial charge in [-0.1, -0.05) is 82.7 Å². The van der Waals surface area contributed by atoms with Gasteiger partial charge in [0.1, 0.15) is 0 Å². The molecule has 1 rings (SSSR count). The predicted molar refractivity (Wildman–Crippen MR) is 92.0 cm³/mol. The fourth-order valence-corrected chi connectivity index (χ4v) is 2.29. The molecule has 0 saturated heterocycles. The van der Waals surface area contributed by atoms with Gasteiger partial charge in [0, 0.05) is 13.2 Å². The number of hydrogen-bond donors (Lipinski definition) is 0. The highest BCUT2D eigenvalue weighted by molar-refractivity contribution is 6.61. The Morgan fingerprint density at radius 2 is 1.24 bits per heavy atom. The van der Waals surface area contributed by atoms with Crippen LogP contribution in [0.25, 0.3) is 0 Å². The van der Waals surface area contributed by atoms with Crippen LogP contribution in [0.3, 0.4) is 0 Å². The molecule has 0 saturated carbocycles. The van der Waals surface area contributed by atoms with Crippen LogP contribution < -0.4 is 5.46 Å². The first-order valence-electron chi connectivity index (χ1n) is 8.66. The highest BCUT2D eigenvalue weighted by Crippen LogP contribution is 2.03. The van der Waals surface area contributed by atoms with Crippen LogP contribution in [0.5, 0.6) is 0 Å². The molecule has 0 bridgehead atoms. The summed E-state index contributed by atoms with van der Waals surface area (Å²) >= 11 is 0. The number of benzene rings is 1. The molecule has 1 aromatic rings. The van der Waals surface area contributed by atoms with Crippen molar-refractivity contribution in [2.24, 2.45) is 0 Å². The van der Waals surface area contributed by atoms with E-state index in [4.69, 9.17) is 9.31 Å². The minimum atomic E-state index is -0.200. The van der Waals surface area contributed by atoms with E-state index in [9.17, 15) is 0 Å². The molecule has 0 aliphatic heterocycles. The molecule has 0 heterocycles. The third-order valence-corrected chi connectivity index (χ3v) is 3.61. The molecule has 0 aliphatic rings. The lowest BCUT2D eigenvalue weighted by Crippen LogP contribution is -2.37. The second kappa shape index (κ2) is 12.9. The summed E-state index contributed by atoms with van der Waals surface area (Å²) in [6, 6.07) is 10.3. The molecular formula is C18H31BO2. The Labute approximate surface area is 131 Å². The summed E-state index contributed by atoms with van der Waals surface area (Å²) < 4.78 is 11.9. The van der Waals surface area contributed by atoms with E-state index in [1.807, 2.05) is 18.2 Å². The summed E-state index contributed by atoms with van der Waals surface area (Å²) in [6.45, 7) is 6.03. The lowest BCUT2D eigenvalue weighted by Gasteiger charge is -2.15. The zero-order valence-electron chi connectivity index (χ0n) is 13.9. The zero-order valence-corrected chi connectivity index (χ0v) is 13.9. The summed E-state index contributed by atoms with van der Waals surface area (Å²) in [4.78, 5) is 0. The van der Waals surface area contributed by atoms with E-state index in [2.05, 4.69) is 26.0 Å². The van der Waals surface area contributed by atoms with Gasteiger partial charge in [-0.15, -0.1) is 0 Å². The molecule has 0 aliphatic carbocycles. The van der Waals surface area contributed by atoms with Crippen LogP contribution >= 0.6 is 0 Å². The molecule has 0 unspecified atom stereocenters. The Balaban J connectivity index is 2.32. The van der Waals surface area contributed by atoms with Crippen molar-refractivity contribution in [2.45, 2.75) is 65.2 Å². The van der Waals surface area contributed by atoms with E-state index in [0.29, 0.717) is 0 Å². The molecule has 21 heavy (non-hydrogen) atoms. The summed E-state index contributed by atoms with van der Waals surface area (Å²) in [5.74, 6) is 0. The van der Waals surface area contributed by atoms with Crippen molar-refractivity contribution in [2.75, 3.05) is 13.2 Å². The van der Waals surface area contributed by atoms with Crippen molar-refractivity contribution < 1.29 is 9.31 Å². The maximum atomic E-state index is 5.96. The van der Waals surface area contributed by atoms with E-state index < -0.39 is 0 Å². The quantitative estimate of drug-likeness (QED) is 0.391. The number of rotatable bonds is 13. The first kappa shape index (κ1) is 18.3. The fourth-order valence-electron chi connectivity index (χ4n) is 2.29. The summed E-state index contributed by atoms with van der Waals surface area (Å²) in [7, 11) is -0.200. The van der Waals surface area contributed by atoms with Gasteiger partial charge >= 0.3 is 7.12 Å². The molecule has 0 fully saturated rings. The van der Waals surface area contributed by atoms with Crippen molar-refractivity contribution in [3.05, 3.63) is 30.3 Å². The van der Waals surface area contributed by atoms with Crippen molar-refractivity contribution in [3.8, 4) is 0 Å². The van der Waals surface area contributed by atoms with Crippen LogP contribution in [0.15, 0.2) is 30.3 Å². The smallest absolute Gasteiger partial charge is 0.407 e. The van der Waals surface area contributed by atoms with Gasteiger partial charge in [0.15, 0.2) is 0 Å². The third-order valence-electron chi connectivity index (χ3n) is 3.61. The maximum Gasteiger partial charge on any atom is 0.493 e. The second-order valence-electron chi connectivity index (χ2n) is 5.61. The van der Waals surface area contributed by atoms with Crippen LogP contribution in [0.2, 0.25) is 0 Å². The summed E-state index contributed by atoms with van der Waals surface area (Å²) in [6.07, 6.45) is 9.83. The van der Waals surface area contributed by atoms with Gasteiger partial charge in [0.05, 0.1) is 0 Å². The van der Waals surface area contributed by atoms with Gasteiger partial charge in [-0.3, -0.25) is 0 Å². The Kier molecular flexibility index (Phi) is 11.2. The molecule has 2 nitrogen and oxygen atoms in total. The van der Waals surface area contributed by atoms with Crippen LogP contribution in [-0.2, 0) is 9.31 Å². The van der Waals surface area contributed by atoms with Crippen LogP contribution in [0.1, 0.15) is 65.2 Å². The topological polar surface area (TPSA) is 18.5 Å². The Hall–Kier alpha value is -0.795. The van der Waals surface area contributed by atoms with Gasteiger partial charge in [0.2, 0.25) is 0 Å². The monoisotopic (exact) mass is 290 g/mol. The molecule has 0 spiro atoms. The Bertz CT molecular complexity index is 315. The van der Waals surface area contributed by atoms with Crippen molar-refractivity contribution in [1.82, 2.24) is 0 Å². The van der Waals surface area contributed by atoms with Crippen molar-refractivity contribution in [1.29, 1.82) is 0 Å². The van der Waals surface area contributed by atoms with Crippen LogP contribution in [0, 0.1) is 0 Å². The zero-order chi connectivity index (χ0) is 15.2. The van der Waals surface area contributed by atoms with Crippen LogP contribution in [-0.4, -0.2) is 20.3 Å². The first-order valence-corrected chi connectivity index (χ1v) is 8.66. The standard InChI is InChI=1S/C18H31BO2/c1-3-5-7-12-16-20-19(18-14-10-9-11-15-18)21-17-13-8-6-4-2/h9-11,14-15H,3-8,12-13,16-17H2,1-2H3. The SMILES string of the molecule is CCCCCCOB(OCCCCCC)c1ccccc1. The first-order chi connectivity index (χ1) is 10.4. The van der Waals surface area contributed by atoms with E-state index in [-0.39, 0.29) is 7.12 Å². The fraction of sp³-hybridized carbons (Fsp3) is 0.667. The molecule has 0 aromatic heterocycles. The van der Waals surface area contributed by atoms with E-state index in [1.54, 1.807) is 0 Å². The molecule has 1 aromatic carbocycles. The van der Waals surface area contributed by atoms with Crippen molar-refractivity contribution in [3.63, 3.8) is 0 Å². The molecule has 0 radical (unpaired) electrons. The predicted octanol–water partition coefficient (Wildman–Crippen LogP) is 4.58. The summed E-state index contributed by atoms with van der Waals surface area (Å²) in [5.41, 5.74) is 1.13. The number of unbranched alkanes of at least 4 members (excludes halogenated alkanes) is 6. The average molecular weight is 290 g/mol. The van der Waals surface area contributed by atoms with Crippen LogP contribution in [0.4, 0.5) is 0 Å². The van der Waals surface area contributed by atoms with Gasteiger partial charge in [0.25, 0.3) is 0 Å². The van der Waals surface area contributed by atoms with Gasteiger partial charge in [-0.25, -0.2) is 0 Å². The lowest BCUT2D eigenvalue weighted by molar-refractivity contribution is 0.200. The second-order valence-corrected chi connectivity index (χ2v) is 5.61. The molecule has 0 atom stereocenters. The van der Waals surface area contributed by atoms with E-state index >= 15 is 0 Å². The Morgan fingerprint density at radius 3 is 1.71 bits per heavy atom. The minimum absolute atomic E-state index is 0.200. The minimum Gasteiger partial charge on any atom is -0.407 e. The lowest BCUT2D eigenvalue weighted by atomic mass is 9.79. The average Bonchev–Trinajstić information content (AvgIpc) is 2.53. The number of hydrogen-bond acceptors (Lipinski definition) is 2. The van der Waals surface area contributed by atoms with Gasteiger partial charge in [-0.2, -0.15) is 0 Å². The largest absolute Gasteiger partial charge is 0.493 e. The van der Waals surface area contributed by atoms with E-state index in [1.165, 1.54) is 38.5 Å². The molecule has 3 heteroatoms. The molecule has 118 valence electrons. The van der Waals surface area contributed by atoms with Crippen molar-refractivity contribution >= 4 is 12.6 Å². The van der Waals surface area contributed by atoms with E-state index in [0.717, 1.165) is 31.5 Å².